The summed E-state index contributed by atoms with van der Waals surface area (Å²) in [7, 11) is 1.82. The van der Waals surface area contributed by atoms with Gasteiger partial charge >= 0.3 is 0 Å². The van der Waals surface area contributed by atoms with E-state index in [1.807, 2.05) is 13.2 Å². The summed E-state index contributed by atoms with van der Waals surface area (Å²) in [4.78, 5) is 13.9. The molecule has 2 heterocycles. The smallest absolute Gasteiger partial charge is 0.140 e. The van der Waals surface area contributed by atoms with Crippen LogP contribution in [0.1, 0.15) is 24.0 Å². The van der Waals surface area contributed by atoms with Gasteiger partial charge in [-0.3, -0.25) is 4.99 Å². The van der Waals surface area contributed by atoms with Crippen LogP contribution in [-0.2, 0) is 0 Å². The number of nitrogens with one attached hydrogen (secondary N) is 1. The van der Waals surface area contributed by atoms with Crippen molar-refractivity contribution in [2.75, 3.05) is 20.1 Å². The van der Waals surface area contributed by atoms with Crippen LogP contribution in [0.2, 0.25) is 0 Å². The fourth-order valence-corrected chi connectivity index (χ4v) is 2.44. The summed E-state index contributed by atoms with van der Waals surface area (Å²) in [5, 5.41) is 0. The predicted octanol–water partition coefficient (Wildman–Crippen LogP) is 1.45. The maximum Gasteiger partial charge on any atom is 0.140 e. The number of H-pyrrole nitrogens is 1. The number of rotatable bonds is 2. The fourth-order valence-electron chi connectivity index (χ4n) is 2.44. The molecule has 0 aromatic carbocycles. The van der Waals surface area contributed by atoms with Gasteiger partial charge in [0, 0.05) is 32.4 Å². The van der Waals surface area contributed by atoms with E-state index in [4.69, 9.17) is 5.73 Å². The fraction of sp³-hybridized carbons (Fsp3) is 0.538. The number of aryl methyl sites for hydroxylation is 1. The van der Waals surface area contributed by atoms with Crippen molar-refractivity contribution in [1.82, 2.24) is 9.88 Å². The van der Waals surface area contributed by atoms with Crippen molar-refractivity contribution in [2.45, 2.75) is 25.8 Å². The molecule has 0 radical (unpaired) electrons. The van der Waals surface area contributed by atoms with Crippen molar-refractivity contribution in [3.05, 3.63) is 17.3 Å². The van der Waals surface area contributed by atoms with Crippen LogP contribution in [0.3, 0.4) is 0 Å². The Bertz CT molecular complexity index is 452. The van der Waals surface area contributed by atoms with Gasteiger partial charge in [-0.2, -0.15) is 0 Å². The normalized spacial score (nSPS) is 18.2. The van der Waals surface area contributed by atoms with Gasteiger partial charge in [-0.1, -0.05) is 0 Å². The quantitative estimate of drug-likeness (QED) is 0.613. The lowest BCUT2D eigenvalue weighted by molar-refractivity contribution is 0.314. The minimum absolute atomic E-state index is 0.323. The number of nitrogens with zero attached hydrogens (tertiary/aromatic N) is 3. The lowest BCUT2D eigenvalue weighted by Crippen LogP contribution is -2.43. The third kappa shape index (κ3) is 2.31. The first-order chi connectivity index (χ1) is 8.67. The molecule has 2 rings (SSSR count). The number of hydrogen-bond donors (Lipinski definition) is 2. The number of aromatic amines is 1. The molecule has 98 valence electrons. The molecule has 1 fully saturated rings. The number of hydrogen-bond acceptors (Lipinski definition) is 3. The minimum Gasteiger partial charge on any atom is -0.356 e. The summed E-state index contributed by atoms with van der Waals surface area (Å²) in [6, 6.07) is 0.323. The first kappa shape index (κ1) is 12.8. The van der Waals surface area contributed by atoms with Gasteiger partial charge in [-0.05, 0) is 32.0 Å². The first-order valence-corrected chi connectivity index (χ1v) is 6.29. The molecule has 0 spiro atoms. The lowest BCUT2D eigenvalue weighted by Gasteiger charge is -2.32. The Hall–Kier alpha value is -1.62. The summed E-state index contributed by atoms with van der Waals surface area (Å²) >= 11 is 0. The maximum absolute atomic E-state index is 5.94. The van der Waals surface area contributed by atoms with Crippen molar-refractivity contribution in [3.8, 4) is 0 Å². The van der Waals surface area contributed by atoms with Gasteiger partial charge in [0.2, 0.25) is 0 Å². The standard InChI is InChI=1S/C13H21N5/c1-9-8-17-12(15-2)11(9)13(16-3)18-6-4-10(14)5-7-18/h8,10,17H,2,4-7,14H2,1,3H3. The molecular formula is C13H21N5. The predicted molar refractivity (Wildman–Crippen MR) is 76.0 cm³/mol. The molecule has 0 atom stereocenters. The van der Waals surface area contributed by atoms with E-state index in [0.717, 1.165) is 48.7 Å². The number of aliphatic imine (C=N–C) groups is 2. The highest BCUT2D eigenvalue weighted by molar-refractivity contribution is 6.04. The second kappa shape index (κ2) is 5.35. The summed E-state index contributed by atoms with van der Waals surface area (Å²) in [6.45, 7) is 7.57. The SMILES string of the molecule is C=Nc1[nH]cc(C)c1C(=NC)N1CCC(N)CC1. The topological polar surface area (TPSA) is 69.8 Å². The second-order valence-corrected chi connectivity index (χ2v) is 4.73. The minimum atomic E-state index is 0.323. The van der Waals surface area contributed by atoms with Crippen LogP contribution in [0, 0.1) is 6.92 Å². The Kier molecular flexibility index (Phi) is 3.81. The van der Waals surface area contributed by atoms with E-state index in [2.05, 4.69) is 33.5 Å². The van der Waals surface area contributed by atoms with Gasteiger partial charge in [0.15, 0.2) is 0 Å². The third-order valence-electron chi connectivity index (χ3n) is 3.49. The van der Waals surface area contributed by atoms with Crippen LogP contribution in [0.15, 0.2) is 16.2 Å². The number of likely N-dealkylation sites (tertiary alicyclic amines) is 1. The monoisotopic (exact) mass is 247 g/mol. The molecule has 5 heteroatoms. The Balaban J connectivity index is 2.29. The largest absolute Gasteiger partial charge is 0.356 e. The zero-order valence-electron chi connectivity index (χ0n) is 11.1. The van der Waals surface area contributed by atoms with E-state index in [1.54, 1.807) is 0 Å². The van der Waals surface area contributed by atoms with Gasteiger partial charge in [0.25, 0.3) is 0 Å². The summed E-state index contributed by atoms with van der Waals surface area (Å²) in [5.74, 6) is 1.78. The van der Waals surface area contributed by atoms with Crippen LogP contribution in [0.25, 0.3) is 0 Å². The number of aromatic nitrogens is 1. The number of nitrogens with two attached hydrogens (primary N) is 1. The van der Waals surface area contributed by atoms with Gasteiger partial charge < -0.3 is 15.6 Å². The van der Waals surface area contributed by atoms with Gasteiger partial charge in [-0.25, -0.2) is 4.99 Å². The van der Waals surface area contributed by atoms with E-state index >= 15 is 0 Å². The molecule has 1 aliphatic heterocycles. The van der Waals surface area contributed by atoms with Gasteiger partial charge in [0.05, 0.1) is 5.56 Å². The molecular weight excluding hydrogens is 226 g/mol. The lowest BCUT2D eigenvalue weighted by atomic mass is 10.0. The van der Waals surface area contributed by atoms with E-state index < -0.39 is 0 Å². The molecule has 1 saturated heterocycles. The second-order valence-electron chi connectivity index (χ2n) is 4.73. The summed E-state index contributed by atoms with van der Waals surface area (Å²) < 4.78 is 0. The molecule has 0 bridgehead atoms. The average molecular weight is 247 g/mol. The van der Waals surface area contributed by atoms with Crippen molar-refractivity contribution >= 4 is 18.4 Å². The highest BCUT2D eigenvalue weighted by Crippen LogP contribution is 2.24. The van der Waals surface area contributed by atoms with Crippen molar-refractivity contribution in [2.24, 2.45) is 15.7 Å². The van der Waals surface area contributed by atoms with Crippen molar-refractivity contribution in [3.63, 3.8) is 0 Å². The van der Waals surface area contributed by atoms with Crippen molar-refractivity contribution in [1.29, 1.82) is 0 Å². The Labute approximate surface area is 108 Å². The van der Waals surface area contributed by atoms with Gasteiger partial charge in [0.1, 0.15) is 11.7 Å². The molecule has 18 heavy (non-hydrogen) atoms. The van der Waals surface area contributed by atoms with Crippen LogP contribution in [0.5, 0.6) is 0 Å². The number of amidine groups is 1. The Morgan fingerprint density at radius 1 is 1.50 bits per heavy atom. The summed E-state index contributed by atoms with van der Waals surface area (Å²) in [5.41, 5.74) is 8.15. The molecule has 3 N–H and O–H groups in total. The molecule has 0 unspecified atom stereocenters. The molecule has 1 aromatic rings. The zero-order valence-corrected chi connectivity index (χ0v) is 11.1. The average Bonchev–Trinajstić information content (AvgIpc) is 2.74. The van der Waals surface area contributed by atoms with Crippen LogP contribution >= 0.6 is 0 Å². The van der Waals surface area contributed by atoms with E-state index in [9.17, 15) is 0 Å². The highest BCUT2D eigenvalue weighted by Gasteiger charge is 2.23. The van der Waals surface area contributed by atoms with E-state index in [-0.39, 0.29) is 0 Å². The van der Waals surface area contributed by atoms with Crippen LogP contribution in [0.4, 0.5) is 5.82 Å². The van der Waals surface area contributed by atoms with Crippen LogP contribution < -0.4 is 5.73 Å². The van der Waals surface area contributed by atoms with Gasteiger partial charge in [-0.15, -0.1) is 0 Å². The molecule has 0 amide bonds. The Morgan fingerprint density at radius 2 is 2.17 bits per heavy atom. The first-order valence-electron chi connectivity index (χ1n) is 6.29. The van der Waals surface area contributed by atoms with E-state index in [0.29, 0.717) is 6.04 Å². The third-order valence-corrected chi connectivity index (χ3v) is 3.49. The van der Waals surface area contributed by atoms with E-state index in [1.165, 1.54) is 0 Å². The Morgan fingerprint density at radius 3 is 2.72 bits per heavy atom. The van der Waals surface area contributed by atoms with Crippen molar-refractivity contribution < 1.29 is 0 Å². The van der Waals surface area contributed by atoms with Crippen LogP contribution in [-0.4, -0.2) is 48.6 Å². The summed E-state index contributed by atoms with van der Waals surface area (Å²) in [6.07, 6.45) is 3.97. The zero-order chi connectivity index (χ0) is 13.1. The molecule has 5 nitrogen and oxygen atoms in total. The number of piperidine rings is 1. The molecule has 0 aliphatic carbocycles. The maximum atomic E-state index is 5.94. The molecule has 1 aliphatic rings. The molecule has 1 aromatic heterocycles. The molecule has 0 saturated carbocycles. The highest BCUT2D eigenvalue weighted by atomic mass is 15.2.